The van der Waals surface area contributed by atoms with Crippen LogP contribution in [-0.4, -0.2) is 31.3 Å². The van der Waals surface area contributed by atoms with E-state index in [0.717, 1.165) is 16.7 Å². The van der Waals surface area contributed by atoms with Crippen LogP contribution in [0.4, 0.5) is 5.95 Å². The maximum absolute atomic E-state index is 12.1. The average molecular weight is 346 g/mol. The Hall–Kier alpha value is -3.81. The number of nitrogens with zero attached hydrogens (tertiary/aromatic N) is 4. The molecule has 4 aromatic rings. The van der Waals surface area contributed by atoms with Crippen molar-refractivity contribution in [3.05, 3.63) is 66.0 Å². The third-order valence-corrected chi connectivity index (χ3v) is 3.73. The minimum atomic E-state index is -0.292. The van der Waals surface area contributed by atoms with E-state index in [0.29, 0.717) is 23.3 Å². The number of hydrogen-bond acceptors (Lipinski definition) is 6. The molecule has 2 aromatic carbocycles. The molecule has 8 nitrogen and oxygen atoms in total. The highest BCUT2D eigenvalue weighted by Gasteiger charge is 2.12. The number of nitrogens with one attached hydrogen (secondary N) is 2. The van der Waals surface area contributed by atoms with E-state index in [4.69, 9.17) is 4.42 Å². The van der Waals surface area contributed by atoms with Crippen LogP contribution in [0.15, 0.2) is 59.3 Å². The molecule has 0 bridgehead atoms. The third-order valence-electron chi connectivity index (χ3n) is 3.73. The lowest BCUT2D eigenvalue weighted by molar-refractivity contribution is 0.102. The van der Waals surface area contributed by atoms with Gasteiger partial charge in [0.25, 0.3) is 5.91 Å². The smallest absolute Gasteiger partial charge is 0.258 e. The standard InChI is InChI=1S/C18H14N6O2/c1-11-3-2-4-14(9-11)17-23-22-16(26-17)13-7-5-12(6-8-13)15(25)21-18-19-10-20-24-18/h2-10H,1H3,(H2,19,20,21,24,25). The van der Waals surface area contributed by atoms with E-state index in [1.807, 2.05) is 31.2 Å². The Morgan fingerprint density at radius 3 is 2.50 bits per heavy atom. The van der Waals surface area contributed by atoms with E-state index in [2.05, 4.69) is 30.7 Å². The fourth-order valence-corrected chi connectivity index (χ4v) is 2.44. The molecule has 0 spiro atoms. The molecule has 0 saturated carbocycles. The summed E-state index contributed by atoms with van der Waals surface area (Å²) < 4.78 is 5.75. The van der Waals surface area contributed by atoms with Gasteiger partial charge in [0.15, 0.2) is 0 Å². The molecular formula is C18H14N6O2. The number of carbonyl (C=O) groups is 1. The Morgan fingerprint density at radius 2 is 1.81 bits per heavy atom. The lowest BCUT2D eigenvalue weighted by Gasteiger charge is -2.02. The number of anilines is 1. The number of aromatic nitrogens is 5. The molecule has 0 aliphatic heterocycles. The Labute approximate surface area is 148 Å². The summed E-state index contributed by atoms with van der Waals surface area (Å²) in [4.78, 5) is 16.0. The number of aryl methyl sites for hydroxylation is 1. The lowest BCUT2D eigenvalue weighted by atomic mass is 10.1. The van der Waals surface area contributed by atoms with Gasteiger partial charge in [-0.15, -0.1) is 10.2 Å². The summed E-state index contributed by atoms with van der Waals surface area (Å²) in [6.45, 7) is 2.00. The molecule has 0 unspecified atom stereocenters. The second-order valence-corrected chi connectivity index (χ2v) is 5.65. The Kier molecular flexibility index (Phi) is 3.98. The van der Waals surface area contributed by atoms with Crippen LogP contribution in [0.2, 0.25) is 0 Å². The fourth-order valence-electron chi connectivity index (χ4n) is 2.44. The molecule has 2 N–H and O–H groups in total. The van der Waals surface area contributed by atoms with E-state index >= 15 is 0 Å². The SMILES string of the molecule is Cc1cccc(-c2nnc(-c3ccc(C(=O)Nc4ncn[nH]4)cc3)o2)c1. The van der Waals surface area contributed by atoms with Gasteiger partial charge in [-0.05, 0) is 43.3 Å². The fraction of sp³-hybridized carbons (Fsp3) is 0.0556. The second-order valence-electron chi connectivity index (χ2n) is 5.65. The summed E-state index contributed by atoms with van der Waals surface area (Å²) in [5.74, 6) is 0.845. The van der Waals surface area contributed by atoms with Gasteiger partial charge in [0.05, 0.1) is 0 Å². The summed E-state index contributed by atoms with van der Waals surface area (Å²) in [5.41, 5.74) is 3.19. The summed E-state index contributed by atoms with van der Waals surface area (Å²) in [6, 6.07) is 14.7. The van der Waals surface area contributed by atoms with Crippen molar-refractivity contribution in [2.75, 3.05) is 5.32 Å². The summed E-state index contributed by atoms with van der Waals surface area (Å²) >= 11 is 0. The maximum atomic E-state index is 12.1. The predicted octanol–water partition coefficient (Wildman–Crippen LogP) is 3.08. The van der Waals surface area contributed by atoms with Gasteiger partial charge >= 0.3 is 0 Å². The zero-order valence-electron chi connectivity index (χ0n) is 13.8. The van der Waals surface area contributed by atoms with Gasteiger partial charge < -0.3 is 4.42 Å². The maximum Gasteiger partial charge on any atom is 0.258 e. The monoisotopic (exact) mass is 346 g/mol. The first-order chi connectivity index (χ1) is 12.7. The molecule has 26 heavy (non-hydrogen) atoms. The number of H-pyrrole nitrogens is 1. The number of rotatable bonds is 4. The van der Waals surface area contributed by atoms with Gasteiger partial charge in [-0.25, -0.2) is 5.10 Å². The number of benzene rings is 2. The van der Waals surface area contributed by atoms with Gasteiger partial charge in [0, 0.05) is 16.7 Å². The largest absolute Gasteiger partial charge is 0.416 e. The van der Waals surface area contributed by atoms with Crippen LogP contribution in [0.1, 0.15) is 15.9 Å². The van der Waals surface area contributed by atoms with Crippen molar-refractivity contribution >= 4 is 11.9 Å². The molecular weight excluding hydrogens is 332 g/mol. The first-order valence-electron chi connectivity index (χ1n) is 7.87. The van der Waals surface area contributed by atoms with Crippen LogP contribution in [0, 0.1) is 6.92 Å². The van der Waals surface area contributed by atoms with Crippen LogP contribution >= 0.6 is 0 Å². The Bertz CT molecular complexity index is 1040. The second kappa shape index (κ2) is 6.60. The van der Waals surface area contributed by atoms with Crippen molar-refractivity contribution in [2.45, 2.75) is 6.92 Å². The minimum absolute atomic E-state index is 0.291. The summed E-state index contributed by atoms with van der Waals surface area (Å²) in [5, 5.41) is 17.0. The molecule has 2 heterocycles. The topological polar surface area (TPSA) is 110 Å². The molecule has 0 radical (unpaired) electrons. The molecule has 1 amide bonds. The normalized spacial score (nSPS) is 10.7. The van der Waals surface area contributed by atoms with Gasteiger partial charge in [-0.2, -0.15) is 10.1 Å². The van der Waals surface area contributed by atoms with Gasteiger partial charge in [0.2, 0.25) is 17.7 Å². The molecule has 0 saturated heterocycles. The summed E-state index contributed by atoms with van der Waals surface area (Å²) in [7, 11) is 0. The van der Waals surface area contributed by atoms with E-state index in [-0.39, 0.29) is 5.91 Å². The summed E-state index contributed by atoms with van der Waals surface area (Å²) in [6.07, 6.45) is 1.32. The van der Waals surface area contributed by atoms with Crippen molar-refractivity contribution < 1.29 is 9.21 Å². The predicted molar refractivity (Wildman–Crippen MR) is 94.2 cm³/mol. The van der Waals surface area contributed by atoms with E-state index in [9.17, 15) is 4.79 Å². The zero-order valence-corrected chi connectivity index (χ0v) is 13.8. The zero-order chi connectivity index (χ0) is 17.9. The molecule has 0 aliphatic rings. The van der Waals surface area contributed by atoms with Crippen LogP contribution in [0.3, 0.4) is 0 Å². The Balaban J connectivity index is 1.53. The Morgan fingerprint density at radius 1 is 1.04 bits per heavy atom. The van der Waals surface area contributed by atoms with Gasteiger partial charge in [0.1, 0.15) is 6.33 Å². The third kappa shape index (κ3) is 3.20. The quantitative estimate of drug-likeness (QED) is 0.587. The molecule has 0 atom stereocenters. The minimum Gasteiger partial charge on any atom is -0.416 e. The number of amides is 1. The molecule has 128 valence electrons. The van der Waals surface area contributed by atoms with Crippen LogP contribution in [-0.2, 0) is 0 Å². The van der Waals surface area contributed by atoms with Crippen molar-refractivity contribution in [1.29, 1.82) is 0 Å². The lowest BCUT2D eigenvalue weighted by Crippen LogP contribution is -2.12. The molecule has 0 fully saturated rings. The molecule has 0 aliphatic carbocycles. The van der Waals surface area contributed by atoms with Crippen molar-refractivity contribution in [1.82, 2.24) is 25.4 Å². The number of carbonyl (C=O) groups excluding carboxylic acids is 1. The highest BCUT2D eigenvalue weighted by Crippen LogP contribution is 2.24. The highest BCUT2D eigenvalue weighted by molar-refractivity contribution is 6.03. The van der Waals surface area contributed by atoms with Gasteiger partial charge in [-0.3, -0.25) is 10.1 Å². The van der Waals surface area contributed by atoms with Crippen LogP contribution < -0.4 is 5.32 Å². The van der Waals surface area contributed by atoms with Gasteiger partial charge in [-0.1, -0.05) is 17.7 Å². The number of hydrogen-bond donors (Lipinski definition) is 2. The molecule has 4 rings (SSSR count). The van der Waals surface area contributed by atoms with Crippen LogP contribution in [0.25, 0.3) is 22.9 Å². The molecule has 2 aromatic heterocycles. The first-order valence-corrected chi connectivity index (χ1v) is 7.87. The van der Waals surface area contributed by atoms with Crippen molar-refractivity contribution in [2.24, 2.45) is 0 Å². The van der Waals surface area contributed by atoms with Crippen LogP contribution in [0.5, 0.6) is 0 Å². The van der Waals surface area contributed by atoms with E-state index in [1.54, 1.807) is 24.3 Å². The van der Waals surface area contributed by atoms with Crippen molar-refractivity contribution in [3.63, 3.8) is 0 Å². The van der Waals surface area contributed by atoms with E-state index in [1.165, 1.54) is 6.33 Å². The highest BCUT2D eigenvalue weighted by atomic mass is 16.4. The van der Waals surface area contributed by atoms with Crippen molar-refractivity contribution in [3.8, 4) is 22.9 Å². The average Bonchev–Trinajstić information content (AvgIpc) is 3.34. The first kappa shape index (κ1) is 15.7. The number of aromatic amines is 1. The van der Waals surface area contributed by atoms with E-state index < -0.39 is 0 Å². The molecule has 8 heteroatoms.